The van der Waals surface area contributed by atoms with Crippen LogP contribution in [0.25, 0.3) is 11.3 Å². The molecular weight excluding hydrogens is 247 g/mol. The number of hydrogen-bond acceptors (Lipinski definition) is 4. The topological polar surface area (TPSA) is 47.3 Å². The second-order valence-corrected chi connectivity index (χ2v) is 4.63. The Morgan fingerprint density at radius 1 is 1.47 bits per heavy atom. The summed E-state index contributed by atoms with van der Waals surface area (Å²) in [6.45, 7) is 0.599. The molecule has 4 nitrogen and oxygen atoms in total. The second-order valence-electron chi connectivity index (χ2n) is 4.63. The summed E-state index contributed by atoms with van der Waals surface area (Å²) in [7, 11) is 1.51. The van der Waals surface area contributed by atoms with Gasteiger partial charge in [0.1, 0.15) is 17.3 Å². The van der Waals surface area contributed by atoms with E-state index in [4.69, 9.17) is 9.15 Å². The third-order valence-corrected chi connectivity index (χ3v) is 3.20. The lowest BCUT2D eigenvalue weighted by Crippen LogP contribution is -2.16. The maximum Gasteiger partial charge on any atom is 0.181 e. The van der Waals surface area contributed by atoms with E-state index in [0.717, 1.165) is 5.69 Å². The third kappa shape index (κ3) is 2.61. The van der Waals surface area contributed by atoms with Gasteiger partial charge in [0, 0.05) is 18.7 Å². The molecule has 1 heterocycles. The van der Waals surface area contributed by atoms with E-state index in [9.17, 15) is 4.39 Å². The van der Waals surface area contributed by atoms with E-state index in [1.54, 1.807) is 12.1 Å². The summed E-state index contributed by atoms with van der Waals surface area (Å²) in [6.07, 6.45) is 3.75. The molecule has 1 N–H and O–H groups in total. The fourth-order valence-corrected chi connectivity index (χ4v) is 1.95. The van der Waals surface area contributed by atoms with Gasteiger partial charge >= 0.3 is 0 Å². The molecule has 1 aliphatic rings. The second kappa shape index (κ2) is 5.01. The molecule has 0 amide bonds. The Bertz CT molecular complexity index is 579. The lowest BCUT2D eigenvalue weighted by Gasteiger charge is -2.05. The van der Waals surface area contributed by atoms with Gasteiger partial charge in [0.15, 0.2) is 12.2 Å². The highest BCUT2D eigenvalue weighted by Crippen LogP contribution is 2.29. The zero-order valence-corrected chi connectivity index (χ0v) is 10.6. The first-order chi connectivity index (χ1) is 9.28. The lowest BCUT2D eigenvalue weighted by molar-refractivity contribution is 0.411. The van der Waals surface area contributed by atoms with Crippen molar-refractivity contribution in [3.8, 4) is 17.1 Å². The van der Waals surface area contributed by atoms with E-state index in [1.807, 2.05) is 0 Å². The molecule has 1 fully saturated rings. The number of methoxy groups -OCH3 is 1. The Kier molecular flexibility index (Phi) is 3.21. The Hall–Kier alpha value is -1.88. The zero-order valence-electron chi connectivity index (χ0n) is 10.6. The average Bonchev–Trinajstić information content (AvgIpc) is 3.14. The molecule has 1 aromatic heterocycles. The maximum absolute atomic E-state index is 14.0. The molecular formula is C14H15FN2O2. The monoisotopic (exact) mass is 262 g/mol. The molecule has 0 spiro atoms. The highest BCUT2D eigenvalue weighted by atomic mass is 19.1. The summed E-state index contributed by atoms with van der Waals surface area (Å²) in [5.41, 5.74) is 1.14. The van der Waals surface area contributed by atoms with Crippen molar-refractivity contribution in [3.63, 3.8) is 0 Å². The molecule has 0 aliphatic heterocycles. The van der Waals surface area contributed by atoms with Crippen LogP contribution in [-0.4, -0.2) is 18.1 Å². The maximum atomic E-state index is 14.0. The number of nitrogens with one attached hydrogen (secondary N) is 1. The van der Waals surface area contributed by atoms with Crippen molar-refractivity contribution in [2.24, 2.45) is 0 Å². The lowest BCUT2D eigenvalue weighted by atomic mass is 10.1. The van der Waals surface area contributed by atoms with Gasteiger partial charge in [-0.15, -0.1) is 0 Å². The van der Waals surface area contributed by atoms with Crippen LogP contribution >= 0.6 is 0 Å². The van der Waals surface area contributed by atoms with Crippen molar-refractivity contribution in [2.45, 2.75) is 25.4 Å². The van der Waals surface area contributed by atoms with E-state index in [2.05, 4.69) is 10.3 Å². The largest absolute Gasteiger partial charge is 0.497 e. The average molecular weight is 262 g/mol. The van der Waals surface area contributed by atoms with Crippen LogP contribution in [0.2, 0.25) is 0 Å². The first kappa shape index (κ1) is 12.2. The van der Waals surface area contributed by atoms with E-state index in [-0.39, 0.29) is 5.82 Å². The zero-order chi connectivity index (χ0) is 13.2. The summed E-state index contributed by atoms with van der Waals surface area (Å²) in [6, 6.07) is 5.27. The number of ether oxygens (including phenoxy) is 1. The van der Waals surface area contributed by atoms with Crippen molar-refractivity contribution >= 4 is 0 Å². The number of hydrogen-bond donors (Lipinski definition) is 1. The Balaban J connectivity index is 1.86. The summed E-state index contributed by atoms with van der Waals surface area (Å²) in [5, 5.41) is 3.34. The predicted octanol–water partition coefficient (Wildman–Crippen LogP) is 2.74. The molecule has 100 valence electrons. The molecule has 19 heavy (non-hydrogen) atoms. The summed E-state index contributed by atoms with van der Waals surface area (Å²) < 4.78 is 24.3. The number of nitrogens with zero attached hydrogens (tertiary/aromatic N) is 1. The standard InChI is InChI=1S/C14H15FN2O2/c1-18-10-4-5-11(12(15)6-10)14-13(17-8-19-14)7-16-9-2-3-9/h4-6,8-9,16H,2-3,7H2,1H3. The molecule has 1 aromatic carbocycles. The molecule has 0 atom stereocenters. The van der Waals surface area contributed by atoms with Gasteiger partial charge in [-0.05, 0) is 25.0 Å². The van der Waals surface area contributed by atoms with Crippen LogP contribution in [-0.2, 0) is 6.54 Å². The molecule has 2 aromatic rings. The number of rotatable bonds is 5. The Morgan fingerprint density at radius 3 is 3.00 bits per heavy atom. The van der Waals surface area contributed by atoms with Crippen molar-refractivity contribution in [2.75, 3.05) is 7.11 Å². The van der Waals surface area contributed by atoms with E-state index in [0.29, 0.717) is 29.7 Å². The highest BCUT2D eigenvalue weighted by molar-refractivity contribution is 5.61. The van der Waals surface area contributed by atoms with Gasteiger partial charge < -0.3 is 14.5 Å². The van der Waals surface area contributed by atoms with Crippen LogP contribution in [0.3, 0.4) is 0 Å². The van der Waals surface area contributed by atoms with Crippen LogP contribution < -0.4 is 10.1 Å². The minimum atomic E-state index is -0.372. The molecule has 1 saturated carbocycles. The van der Waals surface area contributed by atoms with Crippen molar-refractivity contribution in [1.29, 1.82) is 0 Å². The van der Waals surface area contributed by atoms with Gasteiger partial charge in [0.2, 0.25) is 0 Å². The fourth-order valence-electron chi connectivity index (χ4n) is 1.95. The van der Waals surface area contributed by atoms with Crippen molar-refractivity contribution in [3.05, 3.63) is 36.1 Å². The SMILES string of the molecule is COc1ccc(-c2ocnc2CNC2CC2)c(F)c1. The summed E-state index contributed by atoms with van der Waals surface area (Å²) in [5.74, 6) is 0.593. The predicted molar refractivity (Wildman–Crippen MR) is 68.3 cm³/mol. The molecule has 5 heteroatoms. The van der Waals surface area contributed by atoms with Crippen LogP contribution in [0.5, 0.6) is 5.75 Å². The fraction of sp³-hybridized carbons (Fsp3) is 0.357. The minimum absolute atomic E-state index is 0.372. The normalized spacial score (nSPS) is 14.6. The number of oxazole rings is 1. The van der Waals surface area contributed by atoms with Gasteiger partial charge in [-0.2, -0.15) is 0 Å². The summed E-state index contributed by atoms with van der Waals surface area (Å²) in [4.78, 5) is 4.15. The van der Waals surface area contributed by atoms with Gasteiger partial charge in [-0.3, -0.25) is 0 Å². The van der Waals surface area contributed by atoms with Crippen molar-refractivity contribution in [1.82, 2.24) is 10.3 Å². The molecule has 0 bridgehead atoms. The number of benzene rings is 1. The number of aromatic nitrogens is 1. The molecule has 0 saturated heterocycles. The van der Waals surface area contributed by atoms with Gasteiger partial charge in [-0.1, -0.05) is 0 Å². The van der Waals surface area contributed by atoms with Crippen molar-refractivity contribution < 1.29 is 13.5 Å². The van der Waals surface area contributed by atoms with Gasteiger partial charge in [-0.25, -0.2) is 9.37 Å². The quantitative estimate of drug-likeness (QED) is 0.900. The molecule has 0 radical (unpaired) electrons. The van der Waals surface area contributed by atoms with Crippen LogP contribution in [0.1, 0.15) is 18.5 Å². The molecule has 3 rings (SSSR count). The Morgan fingerprint density at radius 2 is 2.32 bits per heavy atom. The van der Waals surface area contributed by atoms with Crippen LogP contribution in [0.4, 0.5) is 4.39 Å². The molecule has 1 aliphatic carbocycles. The minimum Gasteiger partial charge on any atom is -0.497 e. The van der Waals surface area contributed by atoms with Crippen LogP contribution in [0.15, 0.2) is 29.0 Å². The van der Waals surface area contributed by atoms with Gasteiger partial charge in [0.25, 0.3) is 0 Å². The van der Waals surface area contributed by atoms with Gasteiger partial charge in [0.05, 0.1) is 12.7 Å². The first-order valence-corrected chi connectivity index (χ1v) is 6.27. The first-order valence-electron chi connectivity index (χ1n) is 6.27. The van der Waals surface area contributed by atoms with E-state index in [1.165, 1.54) is 32.4 Å². The highest BCUT2D eigenvalue weighted by Gasteiger charge is 2.22. The van der Waals surface area contributed by atoms with Crippen LogP contribution in [0, 0.1) is 5.82 Å². The summed E-state index contributed by atoms with van der Waals surface area (Å²) >= 11 is 0. The molecule has 0 unspecified atom stereocenters. The van der Waals surface area contributed by atoms with E-state index >= 15 is 0 Å². The number of halogens is 1. The van der Waals surface area contributed by atoms with E-state index < -0.39 is 0 Å². The third-order valence-electron chi connectivity index (χ3n) is 3.20. The Labute approximate surface area is 110 Å². The smallest absolute Gasteiger partial charge is 0.181 e.